The number of hydrogen-bond acceptors (Lipinski definition) is 5. The molecule has 0 saturated heterocycles. The molecule has 0 aliphatic rings. The Morgan fingerprint density at radius 2 is 1.77 bits per heavy atom. The smallest absolute Gasteiger partial charge is 0.230 e. The van der Waals surface area contributed by atoms with Crippen LogP contribution in [0.15, 0.2) is 83.3 Å². The zero-order chi connectivity index (χ0) is 21.5. The summed E-state index contributed by atoms with van der Waals surface area (Å²) in [6.45, 7) is 2.82. The minimum Gasteiger partial charge on any atom is -0.348 e. The van der Waals surface area contributed by atoms with Crippen LogP contribution in [0.1, 0.15) is 24.1 Å². The first-order valence-electron chi connectivity index (χ1n) is 10.2. The van der Waals surface area contributed by atoms with Crippen LogP contribution in [0.25, 0.3) is 10.7 Å². The largest absolute Gasteiger partial charge is 0.348 e. The first-order chi connectivity index (χ1) is 15.2. The van der Waals surface area contributed by atoms with E-state index in [9.17, 15) is 4.79 Å². The topological polar surface area (TPSA) is 59.8 Å². The molecule has 1 atom stereocenters. The molecule has 0 aliphatic heterocycles. The molecule has 0 aliphatic carbocycles. The van der Waals surface area contributed by atoms with E-state index >= 15 is 0 Å². The number of thioether (sulfide) groups is 1. The highest BCUT2D eigenvalue weighted by molar-refractivity contribution is 7.99. The van der Waals surface area contributed by atoms with E-state index in [2.05, 4.69) is 51.3 Å². The summed E-state index contributed by atoms with van der Waals surface area (Å²) in [5.41, 5.74) is 2.29. The predicted octanol–water partition coefficient (Wildman–Crippen LogP) is 5.22. The van der Waals surface area contributed by atoms with Crippen molar-refractivity contribution in [1.29, 1.82) is 0 Å². The maximum atomic E-state index is 12.8. The number of rotatable bonds is 9. The van der Waals surface area contributed by atoms with E-state index in [1.807, 2.05) is 53.9 Å². The summed E-state index contributed by atoms with van der Waals surface area (Å²) in [6, 6.07) is 24.3. The summed E-state index contributed by atoms with van der Waals surface area (Å²) >= 11 is 3.06. The molecule has 1 unspecified atom stereocenters. The molecule has 0 fully saturated rings. The second-order valence-electron chi connectivity index (χ2n) is 7.04. The Bertz CT molecular complexity index is 1100. The molecular formula is C24H24N4OS2. The number of hydrogen-bond donors (Lipinski definition) is 1. The van der Waals surface area contributed by atoms with E-state index in [0.717, 1.165) is 34.4 Å². The highest BCUT2D eigenvalue weighted by Gasteiger charge is 2.18. The van der Waals surface area contributed by atoms with Crippen LogP contribution < -0.4 is 5.32 Å². The maximum absolute atomic E-state index is 12.8. The minimum atomic E-state index is -0.0811. The lowest BCUT2D eigenvalue weighted by Crippen LogP contribution is -2.31. The standard InChI is InChI=1S/C24H24N4OS2/c1-2-28-23(21-14-9-15-30-21)26-27-24(28)31-17-22(29)25-20(19-12-7-4-8-13-19)16-18-10-5-3-6-11-18/h3-15,20H,2,16-17H2,1H3,(H,25,29). The number of carbonyl (C=O) groups excluding carboxylic acids is 1. The van der Waals surface area contributed by atoms with E-state index in [1.54, 1.807) is 11.3 Å². The Morgan fingerprint density at radius 1 is 1.03 bits per heavy atom. The Labute approximate surface area is 190 Å². The Hall–Kier alpha value is -2.90. The molecule has 4 rings (SSSR count). The normalized spacial score (nSPS) is 11.9. The zero-order valence-corrected chi connectivity index (χ0v) is 18.9. The van der Waals surface area contributed by atoms with Crippen molar-refractivity contribution in [2.75, 3.05) is 5.75 Å². The average Bonchev–Trinajstić information content (AvgIpc) is 3.48. The van der Waals surface area contributed by atoms with Crippen molar-refractivity contribution < 1.29 is 4.79 Å². The Balaban J connectivity index is 1.44. The monoisotopic (exact) mass is 448 g/mol. The molecular weight excluding hydrogens is 424 g/mol. The summed E-state index contributed by atoms with van der Waals surface area (Å²) in [6.07, 6.45) is 0.745. The van der Waals surface area contributed by atoms with Crippen LogP contribution >= 0.6 is 23.1 Å². The van der Waals surface area contributed by atoms with Crippen molar-refractivity contribution in [2.24, 2.45) is 0 Å². The van der Waals surface area contributed by atoms with Gasteiger partial charge in [-0.3, -0.25) is 4.79 Å². The second kappa shape index (κ2) is 10.4. The number of carbonyl (C=O) groups is 1. The number of thiophene rings is 1. The van der Waals surface area contributed by atoms with Crippen LogP contribution in [0.3, 0.4) is 0 Å². The van der Waals surface area contributed by atoms with Gasteiger partial charge in [-0.1, -0.05) is 78.5 Å². The molecule has 5 nitrogen and oxygen atoms in total. The Morgan fingerprint density at radius 3 is 2.45 bits per heavy atom. The third-order valence-corrected chi connectivity index (χ3v) is 6.76. The second-order valence-corrected chi connectivity index (χ2v) is 8.93. The molecule has 2 aromatic heterocycles. The van der Waals surface area contributed by atoms with Gasteiger partial charge >= 0.3 is 0 Å². The van der Waals surface area contributed by atoms with E-state index in [-0.39, 0.29) is 11.9 Å². The summed E-state index contributed by atoms with van der Waals surface area (Å²) in [5.74, 6) is 1.13. The molecule has 7 heteroatoms. The highest BCUT2D eigenvalue weighted by Crippen LogP contribution is 2.27. The van der Waals surface area contributed by atoms with Crippen LogP contribution in [-0.2, 0) is 17.8 Å². The van der Waals surface area contributed by atoms with Gasteiger partial charge in [-0.05, 0) is 35.9 Å². The lowest BCUT2D eigenvalue weighted by molar-refractivity contribution is -0.119. The molecule has 2 heterocycles. The average molecular weight is 449 g/mol. The third kappa shape index (κ3) is 5.42. The number of benzene rings is 2. The lowest BCUT2D eigenvalue weighted by atomic mass is 9.99. The van der Waals surface area contributed by atoms with Crippen LogP contribution in [0.5, 0.6) is 0 Å². The van der Waals surface area contributed by atoms with Crippen LogP contribution in [0.4, 0.5) is 0 Å². The van der Waals surface area contributed by atoms with Gasteiger partial charge in [0.1, 0.15) is 0 Å². The molecule has 0 bridgehead atoms. The van der Waals surface area contributed by atoms with Crippen LogP contribution in [0.2, 0.25) is 0 Å². The molecule has 1 amide bonds. The molecule has 0 spiro atoms. The fourth-order valence-electron chi connectivity index (χ4n) is 3.42. The van der Waals surface area contributed by atoms with Crippen LogP contribution in [0, 0.1) is 0 Å². The van der Waals surface area contributed by atoms with Crippen molar-refractivity contribution in [3.63, 3.8) is 0 Å². The van der Waals surface area contributed by atoms with Gasteiger partial charge in [0.2, 0.25) is 5.91 Å². The van der Waals surface area contributed by atoms with Gasteiger partial charge in [-0.2, -0.15) is 0 Å². The molecule has 0 saturated carbocycles. The zero-order valence-electron chi connectivity index (χ0n) is 17.3. The lowest BCUT2D eigenvalue weighted by Gasteiger charge is -2.19. The van der Waals surface area contributed by atoms with Gasteiger partial charge in [0.15, 0.2) is 11.0 Å². The molecule has 31 heavy (non-hydrogen) atoms. The summed E-state index contributed by atoms with van der Waals surface area (Å²) in [4.78, 5) is 13.9. The molecule has 4 aromatic rings. The Kier molecular flexibility index (Phi) is 7.17. The number of nitrogens with one attached hydrogen (secondary N) is 1. The van der Waals surface area contributed by atoms with Crippen molar-refractivity contribution in [1.82, 2.24) is 20.1 Å². The van der Waals surface area contributed by atoms with Crippen LogP contribution in [-0.4, -0.2) is 26.4 Å². The van der Waals surface area contributed by atoms with E-state index < -0.39 is 0 Å². The van der Waals surface area contributed by atoms with E-state index in [1.165, 1.54) is 17.3 Å². The van der Waals surface area contributed by atoms with Gasteiger partial charge in [0, 0.05) is 6.54 Å². The number of aromatic nitrogens is 3. The van der Waals surface area contributed by atoms with Gasteiger partial charge in [0.05, 0.1) is 16.7 Å². The fourth-order valence-corrected chi connectivity index (χ4v) is 4.95. The third-order valence-electron chi connectivity index (χ3n) is 4.93. The predicted molar refractivity (Wildman–Crippen MR) is 127 cm³/mol. The van der Waals surface area contributed by atoms with E-state index in [4.69, 9.17) is 0 Å². The quantitative estimate of drug-likeness (QED) is 0.357. The summed E-state index contributed by atoms with van der Waals surface area (Å²) in [7, 11) is 0. The highest BCUT2D eigenvalue weighted by atomic mass is 32.2. The van der Waals surface area contributed by atoms with Crippen molar-refractivity contribution in [3.8, 4) is 10.7 Å². The van der Waals surface area contributed by atoms with Crippen molar-refractivity contribution in [2.45, 2.75) is 31.1 Å². The van der Waals surface area contributed by atoms with Gasteiger partial charge in [-0.15, -0.1) is 21.5 Å². The van der Waals surface area contributed by atoms with E-state index in [0.29, 0.717) is 5.75 Å². The first kappa shape index (κ1) is 21.3. The summed E-state index contributed by atoms with van der Waals surface area (Å²) in [5, 5.41) is 14.7. The number of amides is 1. The SMILES string of the molecule is CCn1c(SCC(=O)NC(Cc2ccccc2)c2ccccc2)nnc1-c1cccs1. The first-order valence-corrected chi connectivity index (χ1v) is 12.1. The van der Waals surface area contributed by atoms with Gasteiger partial charge in [-0.25, -0.2) is 0 Å². The van der Waals surface area contributed by atoms with Crippen molar-refractivity contribution >= 4 is 29.0 Å². The van der Waals surface area contributed by atoms with Gasteiger partial charge < -0.3 is 9.88 Å². The minimum absolute atomic E-state index is 0.0156. The van der Waals surface area contributed by atoms with Gasteiger partial charge in [0.25, 0.3) is 0 Å². The maximum Gasteiger partial charge on any atom is 0.230 e. The molecule has 1 N–H and O–H groups in total. The molecule has 158 valence electrons. The van der Waals surface area contributed by atoms with Crippen molar-refractivity contribution in [3.05, 3.63) is 89.3 Å². The summed E-state index contributed by atoms with van der Waals surface area (Å²) < 4.78 is 2.06. The molecule has 0 radical (unpaired) electrons. The fraction of sp³-hybridized carbons (Fsp3) is 0.208. The number of nitrogens with zero attached hydrogens (tertiary/aromatic N) is 3. The molecule has 2 aromatic carbocycles.